The Hall–Kier alpha value is -2.16. The predicted octanol–water partition coefficient (Wildman–Crippen LogP) is 6.42. The molecule has 1 saturated heterocycles. The molecule has 3 aromatic rings. The number of anilines is 1. The molecule has 0 aliphatic carbocycles. The quantitative estimate of drug-likeness (QED) is 0.261. The number of fused-ring (bicyclic) bond motifs is 1. The number of carbonyl (C=O) groups excluding carboxylic acids is 1. The summed E-state index contributed by atoms with van der Waals surface area (Å²) in [6.45, 7) is 17.6. The number of benzene rings is 1. The number of aromatic nitrogens is 3. The molecule has 0 radical (unpaired) electrons. The highest BCUT2D eigenvalue weighted by Crippen LogP contribution is 2.46. The molecule has 2 aromatic heterocycles. The number of carbonyl (C=O) groups is 1. The first-order valence-corrected chi connectivity index (χ1v) is 17.8. The van der Waals surface area contributed by atoms with Gasteiger partial charge in [0.2, 0.25) is 0 Å². The smallest absolute Gasteiger partial charge is 0.256 e. The second-order valence-electron chi connectivity index (χ2n) is 11.2. The van der Waals surface area contributed by atoms with Crippen LogP contribution in [0.3, 0.4) is 0 Å². The minimum absolute atomic E-state index is 0.0331. The van der Waals surface area contributed by atoms with Crippen LogP contribution in [-0.2, 0) is 13.7 Å². The Morgan fingerprint density at radius 3 is 2.46 bits per heavy atom. The zero-order chi connectivity index (χ0) is 27.0. The molecule has 0 spiro atoms. The van der Waals surface area contributed by atoms with Crippen LogP contribution in [0.15, 0.2) is 48.9 Å². The lowest BCUT2D eigenvalue weighted by Gasteiger charge is -2.41. The maximum Gasteiger partial charge on any atom is 0.256 e. The van der Waals surface area contributed by atoms with Crippen LogP contribution in [-0.4, -0.2) is 60.4 Å². The van der Waals surface area contributed by atoms with E-state index in [1.165, 1.54) is 6.33 Å². The topological polar surface area (TPSA) is 87.5 Å². The lowest BCUT2D eigenvalue weighted by molar-refractivity contribution is -0.0320. The zero-order valence-electron chi connectivity index (χ0n) is 23.1. The fourth-order valence-electron chi connectivity index (χ4n) is 4.32. The molecule has 4 rings (SSSR count). The molecule has 37 heavy (non-hydrogen) atoms. The molecule has 3 heterocycles. The summed E-state index contributed by atoms with van der Waals surface area (Å²) in [5, 5.41) is 3.71. The normalized spacial score (nSPS) is 22.6. The molecular formula is C27H39N4O4PSi. The summed E-state index contributed by atoms with van der Waals surface area (Å²) in [5.41, 5.74) is 1.25. The molecule has 8 nitrogen and oxygen atoms in total. The maximum absolute atomic E-state index is 12.8. The molecule has 0 saturated carbocycles. The largest absolute Gasteiger partial charge is 0.407 e. The van der Waals surface area contributed by atoms with Gasteiger partial charge in [-0.2, -0.15) is 0 Å². The van der Waals surface area contributed by atoms with Crippen LogP contribution < -0.4 is 5.32 Å². The van der Waals surface area contributed by atoms with Gasteiger partial charge in [-0.25, -0.2) is 9.97 Å². The van der Waals surface area contributed by atoms with Crippen molar-refractivity contribution in [2.24, 2.45) is 0 Å². The van der Waals surface area contributed by atoms with Crippen molar-refractivity contribution in [1.29, 1.82) is 0 Å². The third-order valence-electron chi connectivity index (χ3n) is 7.31. The van der Waals surface area contributed by atoms with Crippen LogP contribution in [0, 0.1) is 0 Å². The summed E-state index contributed by atoms with van der Waals surface area (Å²) < 4.78 is 22.1. The van der Waals surface area contributed by atoms with Gasteiger partial charge in [-0.3, -0.25) is 4.79 Å². The first-order valence-electron chi connectivity index (χ1n) is 12.8. The average molecular weight is 543 g/mol. The van der Waals surface area contributed by atoms with Crippen molar-refractivity contribution in [1.82, 2.24) is 14.5 Å². The maximum atomic E-state index is 12.8. The second-order valence-corrected chi connectivity index (χ2v) is 17.8. The monoisotopic (exact) mass is 542 g/mol. The number of ether oxygens (including phenoxy) is 1. The number of hydrogen-bond acceptors (Lipinski definition) is 6. The van der Waals surface area contributed by atoms with E-state index < -0.39 is 22.7 Å². The third-order valence-corrected chi connectivity index (χ3v) is 12.4. The van der Waals surface area contributed by atoms with Gasteiger partial charge < -0.3 is 23.6 Å². The van der Waals surface area contributed by atoms with Crippen molar-refractivity contribution in [2.75, 3.05) is 18.6 Å². The lowest BCUT2D eigenvalue weighted by atomic mass is 10.1. The highest BCUT2D eigenvalue weighted by Gasteiger charge is 2.51. The summed E-state index contributed by atoms with van der Waals surface area (Å²) in [4.78, 5) is 21.8. The molecule has 1 aliphatic heterocycles. The minimum Gasteiger partial charge on any atom is -0.407 e. The van der Waals surface area contributed by atoms with Crippen LogP contribution in [0.25, 0.3) is 11.0 Å². The standard InChI is InChI=1S/C27H39N4O4PSi/c1-9-20-21(34-36(5)6)22(35-37(7,8)27(2,3)4)26(33-20)31-16-15-19-23(28-17-29-24(19)31)30-25(32)18-13-11-10-12-14-18/h10-17,20-22,26H,9H2,1-8H3,(H,28,29,30,32)/t20-,21?,22+,26-/m1/s1. The predicted molar refractivity (Wildman–Crippen MR) is 152 cm³/mol. The van der Waals surface area contributed by atoms with Crippen molar-refractivity contribution in [3.63, 3.8) is 0 Å². The Morgan fingerprint density at radius 2 is 1.84 bits per heavy atom. The van der Waals surface area contributed by atoms with Gasteiger partial charge in [-0.05, 0) is 56.1 Å². The molecular weight excluding hydrogens is 503 g/mol. The van der Waals surface area contributed by atoms with Gasteiger partial charge in [-0.15, -0.1) is 0 Å². The van der Waals surface area contributed by atoms with Crippen molar-refractivity contribution >= 4 is 39.2 Å². The molecule has 1 aromatic carbocycles. The highest BCUT2D eigenvalue weighted by atomic mass is 31.1. The van der Waals surface area contributed by atoms with E-state index >= 15 is 0 Å². The molecule has 10 heteroatoms. The van der Waals surface area contributed by atoms with Crippen molar-refractivity contribution < 1.29 is 18.5 Å². The van der Waals surface area contributed by atoms with Crippen molar-refractivity contribution in [3.8, 4) is 0 Å². The zero-order valence-corrected chi connectivity index (χ0v) is 25.0. The van der Waals surface area contributed by atoms with Gasteiger partial charge in [-0.1, -0.05) is 45.9 Å². The molecule has 1 amide bonds. The van der Waals surface area contributed by atoms with E-state index in [1.54, 1.807) is 12.1 Å². The first kappa shape index (κ1) is 27.9. The number of nitrogens with one attached hydrogen (secondary N) is 1. The van der Waals surface area contributed by atoms with E-state index in [4.69, 9.17) is 13.7 Å². The average Bonchev–Trinajstić information content (AvgIpc) is 3.40. The van der Waals surface area contributed by atoms with E-state index in [1.807, 2.05) is 35.0 Å². The lowest BCUT2D eigenvalue weighted by Crippen LogP contribution is -2.48. The number of rotatable bonds is 8. The van der Waals surface area contributed by atoms with Crippen LogP contribution in [0.1, 0.15) is 50.7 Å². The molecule has 0 bridgehead atoms. The Kier molecular flexibility index (Phi) is 8.21. The van der Waals surface area contributed by atoms with Crippen LogP contribution >= 0.6 is 8.15 Å². The van der Waals surface area contributed by atoms with Crippen molar-refractivity contribution in [2.45, 2.75) is 76.8 Å². The number of hydrogen-bond donors (Lipinski definition) is 1. The number of nitrogens with zero attached hydrogens (tertiary/aromatic N) is 3. The molecule has 200 valence electrons. The van der Waals surface area contributed by atoms with Gasteiger partial charge in [0.25, 0.3) is 5.91 Å². The van der Waals surface area contributed by atoms with E-state index in [9.17, 15) is 4.79 Å². The van der Waals surface area contributed by atoms with Crippen LogP contribution in [0.4, 0.5) is 5.82 Å². The Balaban J connectivity index is 1.72. The van der Waals surface area contributed by atoms with Gasteiger partial charge in [0, 0.05) is 19.9 Å². The first-order chi connectivity index (χ1) is 17.4. The van der Waals surface area contributed by atoms with Crippen LogP contribution in [0.5, 0.6) is 0 Å². The molecule has 1 N–H and O–H groups in total. The summed E-state index contributed by atoms with van der Waals surface area (Å²) in [5.74, 6) is 0.242. The molecule has 1 aliphatic rings. The van der Waals surface area contributed by atoms with E-state index in [2.05, 4.69) is 69.4 Å². The number of amides is 1. The highest BCUT2D eigenvalue weighted by molar-refractivity contribution is 7.50. The molecule has 4 atom stereocenters. The van der Waals surface area contributed by atoms with E-state index in [0.29, 0.717) is 17.0 Å². The third kappa shape index (κ3) is 5.81. The minimum atomic E-state index is -2.15. The Morgan fingerprint density at radius 1 is 1.14 bits per heavy atom. The molecule has 1 unspecified atom stereocenters. The van der Waals surface area contributed by atoms with Crippen molar-refractivity contribution in [3.05, 3.63) is 54.5 Å². The summed E-state index contributed by atoms with van der Waals surface area (Å²) >= 11 is 0. The molecule has 1 fully saturated rings. The van der Waals surface area contributed by atoms with E-state index in [-0.39, 0.29) is 29.3 Å². The Labute approximate surface area is 222 Å². The fraction of sp³-hybridized carbons (Fsp3) is 0.519. The second kappa shape index (κ2) is 10.9. The van der Waals surface area contributed by atoms with Crippen LogP contribution in [0.2, 0.25) is 18.1 Å². The van der Waals surface area contributed by atoms with Gasteiger partial charge in [0.15, 0.2) is 14.5 Å². The van der Waals surface area contributed by atoms with Gasteiger partial charge in [0.05, 0.1) is 11.5 Å². The SMILES string of the molecule is CC[C@H]1O[C@@H](n2ccc3c(NC(=O)c4ccccc4)ncnc32)[C@@H](O[Si](C)(C)C(C)(C)C)C1OP(C)C. The van der Waals surface area contributed by atoms with E-state index in [0.717, 1.165) is 11.8 Å². The summed E-state index contributed by atoms with van der Waals surface area (Å²) in [6, 6.07) is 11.0. The van der Waals surface area contributed by atoms with Gasteiger partial charge >= 0.3 is 0 Å². The summed E-state index contributed by atoms with van der Waals surface area (Å²) in [7, 11) is -2.77. The van der Waals surface area contributed by atoms with Gasteiger partial charge in [0.1, 0.15) is 30.0 Å². The fourth-order valence-corrected chi connectivity index (χ4v) is 6.35. The Bertz CT molecular complexity index is 1230. The summed E-state index contributed by atoms with van der Waals surface area (Å²) in [6.07, 6.45) is 3.25.